The molecule has 2 atom stereocenters. The summed E-state index contributed by atoms with van der Waals surface area (Å²) < 4.78 is 6.86. The predicted molar refractivity (Wildman–Crippen MR) is 107 cm³/mol. The highest BCUT2D eigenvalue weighted by Gasteiger charge is 2.49. The largest absolute Gasteiger partial charge is 0.429 e. The first-order chi connectivity index (χ1) is 10.8. The number of allylic oxidation sites excluding steroid dienone is 1. The summed E-state index contributed by atoms with van der Waals surface area (Å²) in [7, 11) is -1.24. The van der Waals surface area contributed by atoms with Gasteiger partial charge in [0.15, 0.2) is 0 Å². The van der Waals surface area contributed by atoms with Crippen molar-refractivity contribution < 1.29 is 4.65 Å². The number of hydrogen-bond acceptors (Lipinski definition) is 1. The number of hydrogen-bond donors (Lipinski definition) is 0. The summed E-state index contributed by atoms with van der Waals surface area (Å²) in [5.74, 6) is 1.70. The first kappa shape index (κ1) is 19.1. The van der Waals surface area contributed by atoms with Gasteiger partial charge in [-0.15, -0.1) is 6.58 Å². The summed E-state index contributed by atoms with van der Waals surface area (Å²) in [4.78, 5) is 0. The number of rotatable bonds is 6. The molecule has 2 fully saturated rings. The third-order valence-electron chi connectivity index (χ3n) is 5.91. The van der Waals surface area contributed by atoms with Crippen LogP contribution in [0, 0.1) is 5.92 Å². The third kappa shape index (κ3) is 5.09. The van der Waals surface area contributed by atoms with Crippen LogP contribution in [0.15, 0.2) is 24.3 Å². The van der Waals surface area contributed by atoms with E-state index in [4.69, 9.17) is 4.65 Å². The Morgan fingerprint density at radius 2 is 1.83 bits per heavy atom. The molecule has 2 aliphatic rings. The summed E-state index contributed by atoms with van der Waals surface area (Å²) in [5.41, 5.74) is 2.06. The van der Waals surface area contributed by atoms with Crippen molar-refractivity contribution in [2.45, 2.75) is 95.8 Å². The second-order valence-electron chi connectivity index (χ2n) is 9.10. The van der Waals surface area contributed by atoms with Gasteiger partial charge in [0.2, 0.25) is 0 Å². The summed E-state index contributed by atoms with van der Waals surface area (Å²) in [6, 6.07) is 0. The van der Waals surface area contributed by atoms with Gasteiger partial charge in [-0.3, -0.25) is 0 Å². The Morgan fingerprint density at radius 1 is 1.22 bits per heavy atom. The maximum Gasteiger partial charge on any atom is 0.297 e. The van der Waals surface area contributed by atoms with Crippen LogP contribution in [0.2, 0.25) is 30.9 Å². The van der Waals surface area contributed by atoms with Crippen molar-refractivity contribution in [1.29, 1.82) is 0 Å². The lowest BCUT2D eigenvalue weighted by atomic mass is 9.50. The van der Waals surface area contributed by atoms with E-state index >= 15 is 0 Å². The van der Waals surface area contributed by atoms with Crippen molar-refractivity contribution in [3.05, 3.63) is 24.3 Å². The lowest BCUT2D eigenvalue weighted by Crippen LogP contribution is -2.46. The molecule has 2 rings (SSSR count). The lowest BCUT2D eigenvalue weighted by Gasteiger charge is -2.39. The smallest absolute Gasteiger partial charge is 0.297 e. The van der Waals surface area contributed by atoms with Gasteiger partial charge in [-0.1, -0.05) is 75.9 Å². The highest BCUT2D eigenvalue weighted by Crippen LogP contribution is 2.50. The molecule has 2 saturated heterocycles. The van der Waals surface area contributed by atoms with Crippen molar-refractivity contribution in [3.63, 3.8) is 0 Å². The van der Waals surface area contributed by atoms with Crippen molar-refractivity contribution in [3.8, 4) is 0 Å². The fraction of sp³-hybridized carbons (Fsp3) is 0.800. The van der Waals surface area contributed by atoms with Crippen molar-refractivity contribution >= 4 is 15.0 Å². The fourth-order valence-electron chi connectivity index (χ4n) is 5.14. The van der Waals surface area contributed by atoms with E-state index in [2.05, 4.69) is 52.2 Å². The molecule has 0 aliphatic carbocycles. The zero-order valence-electron chi connectivity index (χ0n) is 16.1. The molecule has 0 saturated carbocycles. The van der Waals surface area contributed by atoms with Gasteiger partial charge < -0.3 is 4.65 Å². The topological polar surface area (TPSA) is 9.23 Å². The van der Waals surface area contributed by atoms with E-state index in [-0.39, 0.29) is 6.10 Å². The van der Waals surface area contributed by atoms with Gasteiger partial charge in [0.1, 0.15) is 0 Å². The van der Waals surface area contributed by atoms with Gasteiger partial charge in [-0.2, -0.15) is 0 Å². The zero-order chi connectivity index (χ0) is 17.0. The molecule has 0 aromatic heterocycles. The van der Waals surface area contributed by atoms with Crippen LogP contribution in [0.5, 0.6) is 0 Å². The summed E-state index contributed by atoms with van der Waals surface area (Å²) in [5, 5.41) is 0. The SMILES string of the molecule is C=C(C)C[C@H](/C=C/C)OB1C2CCCC(CCC2)[C@@H]1[Si](C)(C)C. The van der Waals surface area contributed by atoms with Gasteiger partial charge in [0, 0.05) is 8.07 Å². The lowest BCUT2D eigenvalue weighted by molar-refractivity contribution is 0.238. The van der Waals surface area contributed by atoms with Crippen LogP contribution in [0.4, 0.5) is 0 Å². The van der Waals surface area contributed by atoms with Gasteiger partial charge in [0.25, 0.3) is 6.92 Å². The zero-order valence-corrected chi connectivity index (χ0v) is 17.1. The fourth-order valence-corrected chi connectivity index (χ4v) is 8.22. The Balaban J connectivity index is 2.27. The first-order valence-corrected chi connectivity index (χ1v) is 13.3. The van der Waals surface area contributed by atoms with Crippen LogP contribution in [-0.2, 0) is 4.65 Å². The average molecular weight is 332 g/mol. The third-order valence-corrected chi connectivity index (χ3v) is 8.71. The standard InChI is InChI=1S/C20H37BOSi/c1-7-10-19(15-16(2)3)22-21-18-13-8-11-17(12-9-14-18)20(21)23(4,5)6/h7,10,17-20H,2,8-9,11-15H2,1,3-6H3/b10-7+/t17?,18?,19-,20-/m0/s1. The molecule has 2 aliphatic heterocycles. The maximum absolute atomic E-state index is 6.86. The molecule has 0 unspecified atom stereocenters. The Labute approximate surface area is 146 Å². The normalized spacial score (nSPS) is 30.3. The van der Waals surface area contributed by atoms with Crippen LogP contribution < -0.4 is 0 Å². The molecule has 3 heteroatoms. The predicted octanol–water partition coefficient (Wildman–Crippen LogP) is 6.51. The molecule has 2 heterocycles. The van der Waals surface area contributed by atoms with Crippen molar-refractivity contribution in [2.75, 3.05) is 0 Å². The molecule has 2 bridgehead atoms. The molecule has 0 spiro atoms. The first-order valence-electron chi connectivity index (χ1n) is 9.75. The monoisotopic (exact) mass is 332 g/mol. The highest BCUT2D eigenvalue weighted by atomic mass is 28.3. The van der Waals surface area contributed by atoms with E-state index in [0.29, 0.717) is 6.92 Å². The van der Waals surface area contributed by atoms with Crippen LogP contribution in [0.1, 0.15) is 58.8 Å². The van der Waals surface area contributed by atoms with Gasteiger partial charge in [-0.25, -0.2) is 0 Å². The molecular formula is C20H37BOSi. The molecule has 0 radical (unpaired) electrons. The molecule has 0 amide bonds. The molecule has 1 nitrogen and oxygen atoms in total. The summed E-state index contributed by atoms with van der Waals surface area (Å²) in [6.45, 7) is 16.5. The van der Waals surface area contributed by atoms with E-state index in [1.54, 1.807) is 0 Å². The minimum Gasteiger partial charge on any atom is -0.429 e. The van der Waals surface area contributed by atoms with Gasteiger partial charge >= 0.3 is 0 Å². The second-order valence-corrected chi connectivity index (χ2v) is 14.5. The second kappa shape index (κ2) is 8.20. The molecule has 0 aromatic rings. The molecule has 0 N–H and O–H groups in total. The van der Waals surface area contributed by atoms with E-state index in [0.717, 1.165) is 23.6 Å². The van der Waals surface area contributed by atoms with Gasteiger partial charge in [0.05, 0.1) is 6.10 Å². The Morgan fingerprint density at radius 3 is 2.30 bits per heavy atom. The van der Waals surface area contributed by atoms with Crippen molar-refractivity contribution in [2.24, 2.45) is 5.92 Å². The average Bonchev–Trinajstić information content (AvgIpc) is 2.65. The Kier molecular flexibility index (Phi) is 6.79. The molecular weight excluding hydrogens is 295 g/mol. The van der Waals surface area contributed by atoms with E-state index < -0.39 is 8.07 Å². The van der Waals surface area contributed by atoms with Crippen LogP contribution >= 0.6 is 0 Å². The Bertz CT molecular complexity index is 416. The molecule has 23 heavy (non-hydrogen) atoms. The highest BCUT2D eigenvalue weighted by molar-refractivity contribution is 6.88. The summed E-state index contributed by atoms with van der Waals surface area (Å²) in [6.07, 6.45) is 14.1. The van der Waals surface area contributed by atoms with Gasteiger partial charge in [-0.05, 0) is 37.4 Å². The Hall–Kier alpha value is -0.278. The molecule has 0 aromatic carbocycles. The maximum atomic E-state index is 6.86. The summed E-state index contributed by atoms with van der Waals surface area (Å²) >= 11 is 0. The quantitative estimate of drug-likeness (QED) is 0.398. The minimum absolute atomic E-state index is 0.223. The van der Waals surface area contributed by atoms with Crippen LogP contribution in [0.3, 0.4) is 0 Å². The number of fused-ring (bicyclic) bond motifs is 3. The van der Waals surface area contributed by atoms with Crippen LogP contribution in [0.25, 0.3) is 0 Å². The molecule has 130 valence electrons. The van der Waals surface area contributed by atoms with E-state index in [9.17, 15) is 0 Å². The minimum atomic E-state index is -1.24. The van der Waals surface area contributed by atoms with E-state index in [1.807, 2.05) is 0 Å². The van der Waals surface area contributed by atoms with E-state index in [1.165, 1.54) is 44.1 Å². The van der Waals surface area contributed by atoms with Crippen LogP contribution in [-0.4, -0.2) is 21.1 Å². The van der Waals surface area contributed by atoms with Crippen molar-refractivity contribution in [1.82, 2.24) is 0 Å².